The largest absolute Gasteiger partial charge is 0.725 e. The fraction of sp³-hybridized carbons (Fsp3) is 1.00. The van der Waals surface area contributed by atoms with Crippen molar-refractivity contribution < 1.29 is 35.6 Å². The summed E-state index contributed by atoms with van der Waals surface area (Å²) in [5.41, 5.74) is 0. The molecule has 0 fully saturated rings. The molecule has 0 rings (SSSR count). The number of rotatable bonds is 1. The third-order valence-electron chi connectivity index (χ3n) is 0.197. The lowest BCUT2D eigenvalue weighted by Crippen LogP contribution is -2.74. The Kier molecular flexibility index (Phi) is 6.25. The lowest BCUT2D eigenvalue weighted by molar-refractivity contribution is -0.597. The lowest BCUT2D eigenvalue weighted by Gasteiger charge is -2.08. The Labute approximate surface area is 67.5 Å². The van der Waals surface area contributed by atoms with Crippen LogP contribution in [0.5, 0.6) is 0 Å². The number of nitrogens with two attached hydrogens (primary N) is 1. The Morgan fingerprint density at radius 3 is 1.58 bits per heavy atom. The molecule has 2 N–H and O–H groups in total. The van der Waals surface area contributed by atoms with Crippen LogP contribution in [0.4, 0.5) is 13.2 Å². The number of alkyl halides is 3. The van der Waals surface area contributed by atoms with Gasteiger partial charge in [0.25, 0.3) is 0 Å². The van der Waals surface area contributed by atoms with Crippen LogP contribution in [0.25, 0.3) is 0 Å². The molecule has 0 bridgehead atoms. The molecule has 5 nitrogen and oxygen atoms in total. The molecule has 0 spiro atoms. The van der Waals surface area contributed by atoms with Gasteiger partial charge in [-0.05, 0) is 0 Å². The highest BCUT2D eigenvalue weighted by molar-refractivity contribution is 7.80. The van der Waals surface area contributed by atoms with E-state index >= 15 is 0 Å². The van der Waals surface area contributed by atoms with Crippen LogP contribution < -0.4 is 5.32 Å². The molecule has 0 aromatic rings. The van der Waals surface area contributed by atoms with Crippen LogP contribution in [0.3, 0.4) is 0 Å². The average Bonchev–Trinajstić information content (AvgIpc) is 1.53. The second-order valence-electron chi connectivity index (χ2n) is 1.51. The van der Waals surface area contributed by atoms with E-state index in [9.17, 15) is 13.2 Å². The van der Waals surface area contributed by atoms with Crippen molar-refractivity contribution in [2.45, 2.75) is 6.36 Å². The van der Waals surface area contributed by atoms with Crippen LogP contribution in [0.15, 0.2) is 0 Å². The highest BCUT2D eigenvalue weighted by Gasteiger charge is 2.32. The number of quaternary nitrogens is 1. The van der Waals surface area contributed by atoms with Crippen molar-refractivity contribution in [3.63, 3.8) is 0 Å². The zero-order valence-corrected chi connectivity index (χ0v) is 7.07. The predicted octanol–water partition coefficient (Wildman–Crippen LogP) is -1.21. The monoisotopic (exact) mass is 211 g/mol. The van der Waals surface area contributed by atoms with Crippen LogP contribution in [0.1, 0.15) is 0 Å². The summed E-state index contributed by atoms with van der Waals surface area (Å²) in [6.45, 7) is 0. The topological polar surface area (TPSA) is 83.0 Å². The smallest absolute Gasteiger partial charge is 0.536 e. The van der Waals surface area contributed by atoms with E-state index in [0.29, 0.717) is 0 Å². The van der Waals surface area contributed by atoms with Gasteiger partial charge < -0.3 is 9.87 Å². The fourth-order valence-electron chi connectivity index (χ4n) is 0.116. The highest BCUT2D eigenvalue weighted by Crippen LogP contribution is 2.17. The molecule has 12 heavy (non-hydrogen) atoms. The average molecular weight is 211 g/mol. The third kappa shape index (κ3) is 22.6. The van der Waals surface area contributed by atoms with Gasteiger partial charge in [0.15, 0.2) is 0 Å². The summed E-state index contributed by atoms with van der Waals surface area (Å²) in [4.78, 5) is 0. The van der Waals surface area contributed by atoms with Gasteiger partial charge in [0.05, 0.1) is 14.1 Å². The minimum atomic E-state index is -5.66. The quantitative estimate of drug-likeness (QED) is 0.436. The molecule has 0 saturated heterocycles. The van der Waals surface area contributed by atoms with Crippen molar-refractivity contribution in [1.29, 1.82) is 0 Å². The van der Waals surface area contributed by atoms with Crippen LogP contribution in [0, 0.1) is 0 Å². The van der Waals surface area contributed by atoms with Gasteiger partial charge in [-0.2, -0.15) is 4.18 Å². The molecule has 0 heterocycles. The van der Waals surface area contributed by atoms with Gasteiger partial charge in [0, 0.05) is 0 Å². The summed E-state index contributed by atoms with van der Waals surface area (Å²) >= 11 is 0. The Bertz CT molecular complexity index is 198. The first-order chi connectivity index (χ1) is 5.12. The first-order valence-corrected chi connectivity index (χ1v) is 3.93. The molecule has 0 amide bonds. The predicted molar refractivity (Wildman–Crippen MR) is 30.6 cm³/mol. The van der Waals surface area contributed by atoms with Crippen molar-refractivity contribution in [1.82, 2.24) is 0 Å². The molecule has 0 aliphatic carbocycles. The highest BCUT2D eigenvalue weighted by atomic mass is 32.3. The summed E-state index contributed by atoms with van der Waals surface area (Å²) in [5, 5.41) is 2.00. The lowest BCUT2D eigenvalue weighted by atomic mass is 11.3. The van der Waals surface area contributed by atoms with Gasteiger partial charge in [-0.3, -0.25) is 0 Å². The van der Waals surface area contributed by atoms with Gasteiger partial charge in [-0.15, -0.1) is 13.2 Å². The number of hydrogen-bond acceptors (Lipinski definition) is 4. The van der Waals surface area contributed by atoms with Gasteiger partial charge in [0.2, 0.25) is 10.4 Å². The van der Waals surface area contributed by atoms with E-state index in [0.717, 1.165) is 0 Å². The van der Waals surface area contributed by atoms with Crippen molar-refractivity contribution in [3.05, 3.63) is 0 Å². The molecular formula is C3H8F3NO4S. The van der Waals surface area contributed by atoms with E-state index in [-0.39, 0.29) is 0 Å². The minimum Gasteiger partial charge on any atom is -0.725 e. The summed E-state index contributed by atoms with van der Waals surface area (Å²) in [7, 11) is -1.66. The Morgan fingerprint density at radius 2 is 1.58 bits per heavy atom. The zero-order chi connectivity index (χ0) is 10.4. The van der Waals surface area contributed by atoms with Crippen LogP contribution in [-0.4, -0.2) is 33.4 Å². The van der Waals surface area contributed by atoms with Gasteiger partial charge in [-0.1, -0.05) is 0 Å². The Hall–Kier alpha value is -0.380. The van der Waals surface area contributed by atoms with Crippen molar-refractivity contribution in [3.8, 4) is 0 Å². The second kappa shape index (κ2) is 5.30. The van der Waals surface area contributed by atoms with Crippen LogP contribution >= 0.6 is 0 Å². The molecule has 0 aliphatic rings. The molecule has 0 saturated carbocycles. The molecule has 0 aromatic heterocycles. The maximum atomic E-state index is 10.8. The molecule has 9 heteroatoms. The maximum absolute atomic E-state index is 10.8. The molecule has 0 aromatic carbocycles. The molecule has 76 valence electrons. The normalized spacial score (nSPS) is 11.8. The summed E-state index contributed by atoms with van der Waals surface area (Å²) in [6.07, 6.45) is -5.42. The van der Waals surface area contributed by atoms with E-state index in [4.69, 9.17) is 13.0 Å². The molecular weight excluding hydrogens is 203 g/mol. The van der Waals surface area contributed by atoms with Crippen LogP contribution in [0.2, 0.25) is 0 Å². The van der Waals surface area contributed by atoms with Gasteiger partial charge in [-0.25, -0.2) is 8.42 Å². The van der Waals surface area contributed by atoms with Crippen molar-refractivity contribution >= 4 is 10.4 Å². The zero-order valence-electron chi connectivity index (χ0n) is 6.25. The summed E-state index contributed by atoms with van der Waals surface area (Å²) in [6, 6.07) is 0. The van der Waals surface area contributed by atoms with E-state index in [1.807, 2.05) is 23.6 Å². The Balaban J connectivity index is 0. The molecule has 0 unspecified atom stereocenters. The van der Waals surface area contributed by atoms with E-state index in [1.54, 1.807) is 0 Å². The van der Waals surface area contributed by atoms with Gasteiger partial charge >= 0.3 is 6.36 Å². The first kappa shape index (κ1) is 14.2. The molecule has 0 radical (unpaired) electrons. The SMILES string of the molecule is C[NH2+]C.O=S(=O)([O-])OC(F)(F)F. The van der Waals surface area contributed by atoms with E-state index in [2.05, 4.69) is 0 Å². The Morgan fingerprint density at radius 1 is 1.33 bits per heavy atom. The summed E-state index contributed by atoms with van der Waals surface area (Å²) < 4.78 is 61.7. The molecule has 0 atom stereocenters. The summed E-state index contributed by atoms with van der Waals surface area (Å²) in [5.74, 6) is 0. The van der Waals surface area contributed by atoms with Gasteiger partial charge in [0.1, 0.15) is 0 Å². The molecule has 0 aliphatic heterocycles. The van der Waals surface area contributed by atoms with Crippen molar-refractivity contribution in [2.24, 2.45) is 0 Å². The van der Waals surface area contributed by atoms with E-state index in [1.165, 1.54) is 0 Å². The van der Waals surface area contributed by atoms with E-state index < -0.39 is 16.8 Å². The first-order valence-electron chi connectivity index (χ1n) is 2.59. The third-order valence-corrected chi connectivity index (χ3v) is 0.590. The minimum absolute atomic E-state index is 2.00. The number of halogens is 3. The number of hydrogen-bond donors (Lipinski definition) is 1. The fourth-order valence-corrected chi connectivity index (χ4v) is 0.347. The standard InChI is InChI=1S/C2H7N.CHF3O4S/c1-3-2;2-1(3,4)8-9(5,6)7/h3H,1-2H3;(H,5,6,7). The van der Waals surface area contributed by atoms with Crippen LogP contribution in [-0.2, 0) is 14.6 Å². The second-order valence-corrected chi connectivity index (χ2v) is 2.50. The van der Waals surface area contributed by atoms with Crippen molar-refractivity contribution in [2.75, 3.05) is 14.1 Å². The maximum Gasteiger partial charge on any atom is 0.536 e.